The fourth-order valence-electron chi connectivity index (χ4n) is 2.02. The van der Waals surface area contributed by atoms with Crippen LogP contribution in [0.25, 0.3) is 0 Å². The Labute approximate surface area is 84.4 Å². The Hall–Kier alpha value is -0.260. The Morgan fingerprint density at radius 1 is 0.923 bits per heavy atom. The molecule has 0 heterocycles. The molecule has 0 aromatic carbocycles. The molecule has 0 aliphatic carbocycles. The van der Waals surface area contributed by atoms with Crippen LogP contribution >= 0.6 is 0 Å². The predicted octanol–water partition coefficient (Wildman–Crippen LogP) is 4.95. The minimum atomic E-state index is 0.598. The molecule has 0 bridgehead atoms. The standard InChI is InChI=1S/C13H26/c1-5-9-10-12-13(7-3,8-4)11-6-2/h9-10H,5-8,11-12H2,1-4H3. The first-order chi connectivity index (χ1) is 6.24. The Morgan fingerprint density at radius 2 is 1.54 bits per heavy atom. The van der Waals surface area contributed by atoms with Crippen molar-refractivity contribution >= 4 is 0 Å². The van der Waals surface area contributed by atoms with Gasteiger partial charge in [0.15, 0.2) is 0 Å². The lowest BCUT2D eigenvalue weighted by Gasteiger charge is -2.30. The molecule has 0 N–H and O–H groups in total. The molecule has 13 heavy (non-hydrogen) atoms. The predicted molar refractivity (Wildman–Crippen MR) is 62.0 cm³/mol. The highest BCUT2D eigenvalue weighted by Gasteiger charge is 2.22. The average Bonchev–Trinajstić information content (AvgIpc) is 2.17. The third kappa shape index (κ3) is 4.50. The molecule has 0 aromatic rings. The number of hydrogen-bond donors (Lipinski definition) is 0. The smallest absolute Gasteiger partial charge is 0.0268 e. The summed E-state index contributed by atoms with van der Waals surface area (Å²) in [5.41, 5.74) is 0.598. The lowest BCUT2D eigenvalue weighted by Crippen LogP contribution is -2.17. The second-order valence-electron chi connectivity index (χ2n) is 4.04. The first-order valence-electron chi connectivity index (χ1n) is 5.89. The van der Waals surface area contributed by atoms with Crippen LogP contribution in [-0.4, -0.2) is 0 Å². The van der Waals surface area contributed by atoms with Crippen LogP contribution in [0.2, 0.25) is 0 Å². The van der Waals surface area contributed by atoms with Gasteiger partial charge in [-0.25, -0.2) is 0 Å². The summed E-state index contributed by atoms with van der Waals surface area (Å²) in [5, 5.41) is 0. The molecule has 78 valence electrons. The Bertz CT molecular complexity index is 129. The molecule has 0 saturated carbocycles. The Kier molecular flexibility index (Phi) is 7.03. The number of hydrogen-bond acceptors (Lipinski definition) is 0. The van der Waals surface area contributed by atoms with Gasteiger partial charge in [-0.05, 0) is 24.7 Å². The van der Waals surface area contributed by atoms with Gasteiger partial charge in [-0.2, -0.15) is 0 Å². The van der Waals surface area contributed by atoms with Crippen molar-refractivity contribution in [2.24, 2.45) is 5.41 Å². The topological polar surface area (TPSA) is 0 Å². The molecule has 0 unspecified atom stereocenters. The van der Waals surface area contributed by atoms with E-state index < -0.39 is 0 Å². The molecule has 0 rings (SSSR count). The highest BCUT2D eigenvalue weighted by atomic mass is 14.3. The van der Waals surface area contributed by atoms with E-state index in [0.29, 0.717) is 5.41 Å². The van der Waals surface area contributed by atoms with Gasteiger partial charge < -0.3 is 0 Å². The highest BCUT2D eigenvalue weighted by Crippen LogP contribution is 2.36. The summed E-state index contributed by atoms with van der Waals surface area (Å²) in [5.74, 6) is 0. The molecular weight excluding hydrogens is 156 g/mol. The molecule has 0 fully saturated rings. The summed E-state index contributed by atoms with van der Waals surface area (Å²) in [7, 11) is 0. The van der Waals surface area contributed by atoms with E-state index >= 15 is 0 Å². The Balaban J connectivity index is 4.12. The van der Waals surface area contributed by atoms with Crippen molar-refractivity contribution in [3.63, 3.8) is 0 Å². The zero-order chi connectivity index (χ0) is 10.2. The molecule has 0 nitrogen and oxygen atoms in total. The maximum absolute atomic E-state index is 2.38. The van der Waals surface area contributed by atoms with Crippen LogP contribution in [0.1, 0.15) is 66.2 Å². The van der Waals surface area contributed by atoms with Gasteiger partial charge in [-0.1, -0.05) is 59.1 Å². The van der Waals surface area contributed by atoms with Gasteiger partial charge in [0.1, 0.15) is 0 Å². The van der Waals surface area contributed by atoms with Crippen LogP contribution < -0.4 is 0 Å². The van der Waals surface area contributed by atoms with E-state index in [1.54, 1.807) is 0 Å². The lowest BCUT2D eigenvalue weighted by atomic mass is 9.75. The molecule has 0 aliphatic rings. The van der Waals surface area contributed by atoms with E-state index in [4.69, 9.17) is 0 Å². The van der Waals surface area contributed by atoms with Gasteiger partial charge in [0, 0.05) is 0 Å². The first kappa shape index (κ1) is 12.7. The van der Waals surface area contributed by atoms with Crippen LogP contribution in [-0.2, 0) is 0 Å². The Morgan fingerprint density at radius 3 is 1.92 bits per heavy atom. The molecule has 0 saturated heterocycles. The molecule has 0 spiro atoms. The highest BCUT2D eigenvalue weighted by molar-refractivity contribution is 4.89. The van der Waals surface area contributed by atoms with Gasteiger partial charge in [0.05, 0.1) is 0 Å². The normalized spacial score (nSPS) is 12.6. The maximum Gasteiger partial charge on any atom is -0.0268 e. The minimum Gasteiger partial charge on any atom is -0.0888 e. The third-order valence-electron chi connectivity index (χ3n) is 3.23. The second kappa shape index (κ2) is 7.17. The van der Waals surface area contributed by atoms with E-state index in [-0.39, 0.29) is 0 Å². The summed E-state index contributed by atoms with van der Waals surface area (Å²) in [6.45, 7) is 9.16. The van der Waals surface area contributed by atoms with Crippen molar-refractivity contribution < 1.29 is 0 Å². The molecule has 0 atom stereocenters. The van der Waals surface area contributed by atoms with Crippen LogP contribution in [0.15, 0.2) is 12.2 Å². The zero-order valence-electron chi connectivity index (χ0n) is 9.90. The van der Waals surface area contributed by atoms with Crippen molar-refractivity contribution in [2.45, 2.75) is 66.2 Å². The minimum absolute atomic E-state index is 0.598. The first-order valence-corrected chi connectivity index (χ1v) is 5.89. The molecular formula is C13H26. The molecule has 0 aromatic heterocycles. The van der Waals surface area contributed by atoms with Crippen molar-refractivity contribution in [1.82, 2.24) is 0 Å². The van der Waals surface area contributed by atoms with E-state index in [9.17, 15) is 0 Å². The number of allylic oxidation sites excluding steroid dienone is 2. The van der Waals surface area contributed by atoms with Crippen LogP contribution in [0.3, 0.4) is 0 Å². The van der Waals surface area contributed by atoms with Gasteiger partial charge in [0.25, 0.3) is 0 Å². The van der Waals surface area contributed by atoms with Crippen molar-refractivity contribution in [3.8, 4) is 0 Å². The average molecular weight is 182 g/mol. The van der Waals surface area contributed by atoms with Crippen LogP contribution in [0.4, 0.5) is 0 Å². The van der Waals surface area contributed by atoms with E-state index in [1.807, 2.05) is 0 Å². The molecule has 0 heteroatoms. The molecule has 0 amide bonds. The van der Waals surface area contributed by atoms with Crippen molar-refractivity contribution in [1.29, 1.82) is 0 Å². The summed E-state index contributed by atoms with van der Waals surface area (Å²) in [6.07, 6.45) is 12.5. The summed E-state index contributed by atoms with van der Waals surface area (Å²) in [4.78, 5) is 0. The summed E-state index contributed by atoms with van der Waals surface area (Å²) in [6, 6.07) is 0. The van der Waals surface area contributed by atoms with Crippen molar-refractivity contribution in [3.05, 3.63) is 12.2 Å². The van der Waals surface area contributed by atoms with Gasteiger partial charge in [-0.3, -0.25) is 0 Å². The van der Waals surface area contributed by atoms with Gasteiger partial charge >= 0.3 is 0 Å². The molecule has 0 radical (unpaired) electrons. The zero-order valence-corrected chi connectivity index (χ0v) is 9.90. The van der Waals surface area contributed by atoms with Crippen molar-refractivity contribution in [2.75, 3.05) is 0 Å². The summed E-state index contributed by atoms with van der Waals surface area (Å²) >= 11 is 0. The third-order valence-corrected chi connectivity index (χ3v) is 3.23. The van der Waals surface area contributed by atoms with E-state index in [1.165, 1.54) is 38.5 Å². The lowest BCUT2D eigenvalue weighted by molar-refractivity contribution is 0.240. The maximum atomic E-state index is 2.38. The largest absolute Gasteiger partial charge is 0.0888 e. The monoisotopic (exact) mass is 182 g/mol. The number of rotatable bonds is 7. The fraction of sp³-hybridized carbons (Fsp3) is 0.846. The van der Waals surface area contributed by atoms with Crippen LogP contribution in [0.5, 0.6) is 0 Å². The second-order valence-corrected chi connectivity index (χ2v) is 4.04. The summed E-state index contributed by atoms with van der Waals surface area (Å²) < 4.78 is 0. The van der Waals surface area contributed by atoms with Gasteiger partial charge in [-0.15, -0.1) is 0 Å². The quantitative estimate of drug-likeness (QED) is 0.489. The SMILES string of the molecule is CCC=CCC(CC)(CC)CCC. The van der Waals surface area contributed by atoms with Gasteiger partial charge in [0.2, 0.25) is 0 Å². The fourth-order valence-corrected chi connectivity index (χ4v) is 2.02. The van der Waals surface area contributed by atoms with E-state index in [0.717, 1.165) is 0 Å². The molecule has 0 aliphatic heterocycles. The van der Waals surface area contributed by atoms with E-state index in [2.05, 4.69) is 39.8 Å². The van der Waals surface area contributed by atoms with Crippen LogP contribution in [0, 0.1) is 5.41 Å².